The second-order valence-corrected chi connectivity index (χ2v) is 6.42. The van der Waals surface area contributed by atoms with Crippen molar-refractivity contribution in [1.29, 1.82) is 0 Å². The van der Waals surface area contributed by atoms with Crippen molar-refractivity contribution >= 4 is 29.0 Å². The Morgan fingerprint density at radius 2 is 2.25 bits per heavy atom. The molecular weight excluding hydrogens is 330 g/mol. The molecule has 4 rings (SSSR count). The average molecular weight is 345 g/mol. The van der Waals surface area contributed by atoms with Crippen LogP contribution < -0.4 is 10.6 Å². The molecule has 4 heterocycles. The molecule has 2 aliphatic rings. The summed E-state index contributed by atoms with van der Waals surface area (Å²) < 4.78 is 5.09. The number of ether oxygens (including phenoxy) is 1. The zero-order chi connectivity index (χ0) is 16.7. The first-order chi connectivity index (χ1) is 11.6. The van der Waals surface area contributed by atoms with E-state index in [1.54, 1.807) is 16.6 Å². The monoisotopic (exact) mass is 345 g/mol. The maximum atomic E-state index is 11.7. The minimum atomic E-state index is -0.579. The molecule has 2 aromatic rings. The van der Waals surface area contributed by atoms with E-state index in [1.165, 1.54) is 11.3 Å². The number of primary amides is 1. The molecule has 9 heteroatoms. The molecule has 0 saturated carbocycles. The van der Waals surface area contributed by atoms with Gasteiger partial charge in [-0.2, -0.15) is 0 Å². The van der Waals surface area contributed by atoms with E-state index in [0.29, 0.717) is 37.5 Å². The molecule has 2 N–H and O–H groups in total. The summed E-state index contributed by atoms with van der Waals surface area (Å²) >= 11 is 1.44. The van der Waals surface area contributed by atoms with E-state index in [0.717, 1.165) is 5.69 Å². The number of thiazole rings is 1. The Morgan fingerprint density at radius 3 is 3.00 bits per heavy atom. The molecule has 0 bridgehead atoms. The summed E-state index contributed by atoms with van der Waals surface area (Å²) in [6, 6.07) is 1.93. The Balaban J connectivity index is 1.66. The summed E-state index contributed by atoms with van der Waals surface area (Å²) in [5.74, 6) is -0.579. The van der Waals surface area contributed by atoms with Crippen LogP contribution in [0.25, 0.3) is 11.3 Å². The standard InChI is InChI=1S/C15H15N5O3S/c16-14(21)13-11(12-7-24-8-18-12)3-9(4-17-13)19-1-2-20-10(5-19)6-23-15(20)22/h3-4,7-8,10H,1-2,5-6H2,(H2,16,21). The van der Waals surface area contributed by atoms with Crippen molar-refractivity contribution in [3.05, 3.63) is 28.8 Å². The largest absolute Gasteiger partial charge is 0.447 e. The van der Waals surface area contributed by atoms with Crippen LogP contribution in [0.4, 0.5) is 10.5 Å². The van der Waals surface area contributed by atoms with Crippen molar-refractivity contribution in [3.8, 4) is 11.3 Å². The van der Waals surface area contributed by atoms with Gasteiger partial charge in [0, 0.05) is 30.6 Å². The summed E-state index contributed by atoms with van der Waals surface area (Å²) in [6.07, 6.45) is 1.40. The second kappa shape index (κ2) is 5.75. The Morgan fingerprint density at radius 1 is 1.38 bits per heavy atom. The third-order valence-electron chi connectivity index (χ3n) is 4.30. The van der Waals surface area contributed by atoms with Gasteiger partial charge in [-0.3, -0.25) is 9.69 Å². The highest BCUT2D eigenvalue weighted by atomic mass is 32.1. The Hall–Kier alpha value is -2.68. The Labute approximate surface area is 141 Å². The van der Waals surface area contributed by atoms with Gasteiger partial charge in [0.15, 0.2) is 0 Å². The number of anilines is 1. The fourth-order valence-corrected chi connectivity index (χ4v) is 3.64. The van der Waals surface area contributed by atoms with Crippen LogP contribution in [0, 0.1) is 0 Å². The number of pyridine rings is 1. The maximum Gasteiger partial charge on any atom is 0.410 e. The van der Waals surface area contributed by atoms with E-state index < -0.39 is 5.91 Å². The van der Waals surface area contributed by atoms with Crippen LogP contribution >= 0.6 is 11.3 Å². The van der Waals surface area contributed by atoms with E-state index in [9.17, 15) is 9.59 Å². The molecule has 0 spiro atoms. The van der Waals surface area contributed by atoms with Gasteiger partial charge in [0.1, 0.15) is 12.3 Å². The third kappa shape index (κ3) is 2.46. The number of hydrogen-bond donors (Lipinski definition) is 1. The number of aromatic nitrogens is 2. The number of fused-ring (bicyclic) bond motifs is 1. The van der Waals surface area contributed by atoms with Gasteiger partial charge in [-0.05, 0) is 6.07 Å². The quantitative estimate of drug-likeness (QED) is 0.888. The lowest BCUT2D eigenvalue weighted by Gasteiger charge is -2.36. The highest BCUT2D eigenvalue weighted by molar-refractivity contribution is 7.07. The smallest absolute Gasteiger partial charge is 0.410 e. The number of carbonyl (C=O) groups is 2. The van der Waals surface area contributed by atoms with Gasteiger partial charge in [-0.25, -0.2) is 14.8 Å². The molecular formula is C15H15N5O3S. The molecule has 0 radical (unpaired) electrons. The lowest BCUT2D eigenvalue weighted by Crippen LogP contribution is -2.52. The van der Waals surface area contributed by atoms with Gasteiger partial charge in [0.05, 0.1) is 29.1 Å². The average Bonchev–Trinajstić information content (AvgIpc) is 3.24. The second-order valence-electron chi connectivity index (χ2n) is 5.70. The molecule has 2 aliphatic heterocycles. The van der Waals surface area contributed by atoms with E-state index in [1.807, 2.05) is 11.4 Å². The van der Waals surface area contributed by atoms with Crippen LogP contribution in [-0.4, -0.2) is 59.2 Å². The van der Waals surface area contributed by atoms with E-state index in [2.05, 4.69) is 14.9 Å². The van der Waals surface area contributed by atoms with Gasteiger partial charge in [-0.15, -0.1) is 11.3 Å². The number of nitrogens with two attached hydrogens (primary N) is 1. The zero-order valence-corrected chi connectivity index (χ0v) is 13.5. The van der Waals surface area contributed by atoms with Gasteiger partial charge >= 0.3 is 6.09 Å². The maximum absolute atomic E-state index is 11.7. The molecule has 0 aliphatic carbocycles. The molecule has 2 aromatic heterocycles. The van der Waals surface area contributed by atoms with Crippen molar-refractivity contribution in [3.63, 3.8) is 0 Å². The van der Waals surface area contributed by atoms with E-state index in [4.69, 9.17) is 10.5 Å². The fraction of sp³-hybridized carbons (Fsp3) is 0.333. The van der Waals surface area contributed by atoms with Crippen LogP contribution in [0.2, 0.25) is 0 Å². The molecule has 2 saturated heterocycles. The number of piperazine rings is 1. The van der Waals surface area contributed by atoms with Gasteiger partial charge in [0.25, 0.3) is 5.91 Å². The first-order valence-electron chi connectivity index (χ1n) is 7.50. The van der Waals surface area contributed by atoms with Crippen molar-refractivity contribution in [2.24, 2.45) is 5.73 Å². The first kappa shape index (κ1) is 14.9. The number of carbonyl (C=O) groups excluding carboxylic acids is 2. The molecule has 24 heavy (non-hydrogen) atoms. The minimum absolute atomic E-state index is 0.0461. The predicted octanol–water partition coefficient (Wildman–Crippen LogP) is 0.945. The van der Waals surface area contributed by atoms with Gasteiger partial charge < -0.3 is 15.4 Å². The summed E-state index contributed by atoms with van der Waals surface area (Å²) in [5, 5.41) is 1.86. The van der Waals surface area contributed by atoms with Crippen LogP contribution in [0.1, 0.15) is 10.5 Å². The molecule has 8 nitrogen and oxygen atoms in total. The van der Waals surface area contributed by atoms with E-state index >= 15 is 0 Å². The van der Waals surface area contributed by atoms with Crippen LogP contribution in [0.3, 0.4) is 0 Å². The van der Waals surface area contributed by atoms with Crippen molar-refractivity contribution in [2.75, 3.05) is 31.1 Å². The Kier molecular flexibility index (Phi) is 3.57. The normalized spacial score (nSPS) is 20.0. The number of nitrogens with zero attached hydrogens (tertiary/aromatic N) is 4. The van der Waals surface area contributed by atoms with Crippen molar-refractivity contribution in [2.45, 2.75) is 6.04 Å². The molecule has 1 unspecified atom stereocenters. The number of amides is 2. The predicted molar refractivity (Wildman–Crippen MR) is 87.9 cm³/mol. The number of rotatable bonds is 3. The fourth-order valence-electron chi connectivity index (χ4n) is 3.09. The summed E-state index contributed by atoms with van der Waals surface area (Å²) in [5.41, 5.74) is 9.53. The lowest BCUT2D eigenvalue weighted by atomic mass is 10.1. The molecule has 2 amide bonds. The Bertz CT molecular complexity index is 794. The minimum Gasteiger partial charge on any atom is -0.447 e. The van der Waals surface area contributed by atoms with Crippen LogP contribution in [0.5, 0.6) is 0 Å². The summed E-state index contributed by atoms with van der Waals surface area (Å²) in [4.78, 5) is 35.6. The van der Waals surface area contributed by atoms with Crippen molar-refractivity contribution < 1.29 is 14.3 Å². The van der Waals surface area contributed by atoms with Gasteiger partial charge in [0.2, 0.25) is 0 Å². The van der Waals surface area contributed by atoms with Crippen molar-refractivity contribution in [1.82, 2.24) is 14.9 Å². The van der Waals surface area contributed by atoms with E-state index in [-0.39, 0.29) is 17.8 Å². The number of hydrogen-bond acceptors (Lipinski definition) is 7. The topological polar surface area (TPSA) is 102 Å². The third-order valence-corrected chi connectivity index (χ3v) is 4.88. The number of cyclic esters (lactones) is 1. The van der Waals surface area contributed by atoms with Crippen LogP contribution in [0.15, 0.2) is 23.2 Å². The lowest BCUT2D eigenvalue weighted by molar-refractivity contribution is 0.0996. The molecule has 1 atom stereocenters. The highest BCUT2D eigenvalue weighted by Gasteiger charge is 2.37. The summed E-state index contributed by atoms with van der Waals surface area (Å²) in [6.45, 7) is 2.35. The molecule has 124 valence electrons. The molecule has 2 fully saturated rings. The SMILES string of the molecule is NC(=O)c1ncc(N2CCN3C(=O)OCC3C2)cc1-c1cscn1. The van der Waals surface area contributed by atoms with Gasteiger partial charge in [-0.1, -0.05) is 0 Å². The zero-order valence-electron chi connectivity index (χ0n) is 12.7. The highest BCUT2D eigenvalue weighted by Crippen LogP contribution is 2.29. The first-order valence-corrected chi connectivity index (χ1v) is 8.44. The molecule has 0 aromatic carbocycles. The van der Waals surface area contributed by atoms with Crippen LogP contribution in [-0.2, 0) is 4.74 Å². The summed E-state index contributed by atoms with van der Waals surface area (Å²) in [7, 11) is 0.